The highest BCUT2D eigenvalue weighted by molar-refractivity contribution is 9.10. The van der Waals surface area contributed by atoms with Crippen LogP contribution in [0.3, 0.4) is 0 Å². The van der Waals surface area contributed by atoms with Gasteiger partial charge in [0.15, 0.2) is 6.61 Å². The molecule has 2 aromatic carbocycles. The maximum Gasteiger partial charge on any atom is 0.261 e. The number of amides is 2. The molecule has 0 heterocycles. The van der Waals surface area contributed by atoms with Gasteiger partial charge in [-0.15, -0.1) is 0 Å². The van der Waals surface area contributed by atoms with Gasteiger partial charge in [-0.2, -0.15) is 0 Å². The van der Waals surface area contributed by atoms with Gasteiger partial charge in [-0.3, -0.25) is 9.59 Å². The topological polar surface area (TPSA) is 58.6 Å². The normalized spacial score (nSPS) is 11.6. The van der Waals surface area contributed by atoms with Crippen LogP contribution in [0.5, 0.6) is 5.75 Å². The van der Waals surface area contributed by atoms with Gasteiger partial charge in [0.1, 0.15) is 11.8 Å². The first-order valence-corrected chi connectivity index (χ1v) is 11.1. The summed E-state index contributed by atoms with van der Waals surface area (Å²) in [4.78, 5) is 27.1. The van der Waals surface area contributed by atoms with E-state index in [9.17, 15) is 9.59 Å². The number of hydrogen-bond donors (Lipinski definition) is 1. The summed E-state index contributed by atoms with van der Waals surface area (Å²) in [5, 5.41) is 2.88. The summed E-state index contributed by atoms with van der Waals surface area (Å²) in [5.41, 5.74) is 3.22. The third kappa shape index (κ3) is 6.87. The van der Waals surface area contributed by atoms with Crippen molar-refractivity contribution in [2.24, 2.45) is 0 Å². The van der Waals surface area contributed by atoms with Crippen LogP contribution in [-0.4, -0.2) is 42.5 Å². The number of benzene rings is 2. The van der Waals surface area contributed by atoms with Crippen LogP contribution in [0, 0.1) is 13.8 Å². The van der Waals surface area contributed by atoms with Gasteiger partial charge in [-0.05, 0) is 62.4 Å². The Kier molecular flexibility index (Phi) is 9.37. The molecule has 6 heteroatoms. The van der Waals surface area contributed by atoms with Gasteiger partial charge in [-0.25, -0.2) is 0 Å². The van der Waals surface area contributed by atoms with E-state index < -0.39 is 6.04 Å². The Labute approximate surface area is 187 Å². The van der Waals surface area contributed by atoms with Crippen LogP contribution in [0.2, 0.25) is 0 Å². The van der Waals surface area contributed by atoms with Crippen LogP contribution >= 0.6 is 15.9 Å². The molecule has 2 rings (SSSR count). The second-order valence-corrected chi connectivity index (χ2v) is 8.24. The third-order valence-corrected chi connectivity index (χ3v) is 6.22. The minimum Gasteiger partial charge on any atom is -0.484 e. The molecule has 0 aliphatic heterocycles. The maximum atomic E-state index is 13.0. The second-order valence-electron chi connectivity index (χ2n) is 7.45. The lowest BCUT2D eigenvalue weighted by atomic mass is 10.1. The minimum atomic E-state index is -0.565. The molecule has 0 spiro atoms. The first-order chi connectivity index (χ1) is 14.3. The van der Waals surface area contributed by atoms with Crippen LogP contribution in [0.25, 0.3) is 0 Å². The number of aryl methyl sites for hydroxylation is 2. The smallest absolute Gasteiger partial charge is 0.261 e. The highest BCUT2D eigenvalue weighted by Gasteiger charge is 2.26. The Balaban J connectivity index is 2.09. The van der Waals surface area contributed by atoms with E-state index >= 15 is 0 Å². The van der Waals surface area contributed by atoms with Crippen LogP contribution < -0.4 is 10.1 Å². The predicted octanol–water partition coefficient (Wildman–Crippen LogP) is 4.43. The van der Waals surface area contributed by atoms with E-state index in [-0.39, 0.29) is 18.4 Å². The molecule has 0 saturated carbocycles. The van der Waals surface area contributed by atoms with Gasteiger partial charge < -0.3 is 15.0 Å². The molecule has 30 heavy (non-hydrogen) atoms. The first kappa shape index (κ1) is 23.9. The Bertz CT molecular complexity index is 832. The summed E-state index contributed by atoms with van der Waals surface area (Å²) in [6, 6.07) is 13.2. The average Bonchev–Trinajstić information content (AvgIpc) is 2.74. The molecular weight excluding hydrogens is 444 g/mol. The first-order valence-electron chi connectivity index (χ1n) is 10.3. The van der Waals surface area contributed by atoms with Crippen molar-refractivity contribution >= 4 is 27.7 Å². The summed E-state index contributed by atoms with van der Waals surface area (Å²) in [7, 11) is 0. The van der Waals surface area contributed by atoms with Crippen molar-refractivity contribution in [1.82, 2.24) is 10.2 Å². The molecule has 0 aromatic heterocycles. The zero-order chi connectivity index (χ0) is 22.1. The van der Waals surface area contributed by atoms with Crippen LogP contribution in [0.4, 0.5) is 0 Å². The summed E-state index contributed by atoms with van der Waals surface area (Å²) in [5.74, 6) is 0.296. The van der Waals surface area contributed by atoms with E-state index in [0.717, 1.165) is 27.6 Å². The van der Waals surface area contributed by atoms with Gasteiger partial charge in [0, 0.05) is 17.6 Å². The standard InChI is InChI=1S/C24H31BrN2O3/c1-5-12-26-24(29)19(4)27(13-11-20-9-7-6-8-10-20)22(28)16-30-21-14-17(2)23(25)18(3)15-21/h6-10,14-15,19H,5,11-13,16H2,1-4H3,(H,26,29)/t19-/m1/s1. The van der Waals surface area contributed by atoms with Crippen LogP contribution in [0.15, 0.2) is 46.9 Å². The molecule has 2 aromatic rings. The summed E-state index contributed by atoms with van der Waals surface area (Å²) < 4.78 is 6.82. The number of rotatable bonds is 10. The summed E-state index contributed by atoms with van der Waals surface area (Å²) >= 11 is 3.54. The molecule has 0 aliphatic rings. The lowest BCUT2D eigenvalue weighted by Crippen LogP contribution is -2.50. The van der Waals surface area contributed by atoms with Gasteiger partial charge >= 0.3 is 0 Å². The number of carbonyl (C=O) groups is 2. The van der Waals surface area contributed by atoms with E-state index in [2.05, 4.69) is 21.2 Å². The highest BCUT2D eigenvalue weighted by Crippen LogP contribution is 2.26. The molecule has 1 atom stereocenters. The fourth-order valence-electron chi connectivity index (χ4n) is 3.18. The molecule has 0 aliphatic carbocycles. The van der Waals surface area contributed by atoms with Crippen molar-refractivity contribution in [3.8, 4) is 5.75 Å². The molecule has 0 bridgehead atoms. The second kappa shape index (κ2) is 11.7. The van der Waals surface area contributed by atoms with E-state index in [4.69, 9.17) is 4.74 Å². The van der Waals surface area contributed by atoms with Crippen molar-refractivity contribution in [1.29, 1.82) is 0 Å². The van der Waals surface area contributed by atoms with E-state index in [0.29, 0.717) is 25.3 Å². The zero-order valence-corrected chi connectivity index (χ0v) is 19.8. The van der Waals surface area contributed by atoms with Gasteiger partial charge in [0.25, 0.3) is 5.91 Å². The van der Waals surface area contributed by atoms with Gasteiger partial charge in [0.2, 0.25) is 5.91 Å². The van der Waals surface area contributed by atoms with Crippen molar-refractivity contribution in [2.45, 2.75) is 46.6 Å². The van der Waals surface area contributed by atoms with Crippen LogP contribution in [-0.2, 0) is 16.0 Å². The Morgan fingerprint density at radius 2 is 1.77 bits per heavy atom. The molecule has 2 amide bonds. The predicted molar refractivity (Wildman–Crippen MR) is 124 cm³/mol. The fraction of sp³-hybridized carbons (Fsp3) is 0.417. The van der Waals surface area contributed by atoms with E-state index in [1.54, 1.807) is 11.8 Å². The summed E-state index contributed by atoms with van der Waals surface area (Å²) in [6.07, 6.45) is 1.52. The number of carbonyl (C=O) groups excluding carboxylic acids is 2. The van der Waals surface area contributed by atoms with Crippen LogP contribution in [0.1, 0.15) is 37.0 Å². The lowest BCUT2D eigenvalue weighted by Gasteiger charge is -2.28. The number of halogens is 1. The highest BCUT2D eigenvalue weighted by atomic mass is 79.9. The minimum absolute atomic E-state index is 0.110. The Morgan fingerprint density at radius 1 is 1.13 bits per heavy atom. The molecule has 0 unspecified atom stereocenters. The largest absolute Gasteiger partial charge is 0.484 e. The van der Waals surface area contributed by atoms with Gasteiger partial charge in [-0.1, -0.05) is 53.2 Å². The van der Waals surface area contributed by atoms with E-state index in [1.807, 2.05) is 63.2 Å². The number of nitrogens with zero attached hydrogens (tertiary/aromatic N) is 1. The average molecular weight is 475 g/mol. The van der Waals surface area contributed by atoms with Gasteiger partial charge in [0.05, 0.1) is 0 Å². The maximum absolute atomic E-state index is 13.0. The SMILES string of the molecule is CCCNC(=O)[C@@H](C)N(CCc1ccccc1)C(=O)COc1cc(C)c(Br)c(C)c1. The molecular formula is C24H31BrN2O3. The molecule has 0 saturated heterocycles. The van der Waals surface area contributed by atoms with Crippen molar-refractivity contribution in [3.05, 3.63) is 63.6 Å². The number of nitrogens with one attached hydrogen (secondary N) is 1. The number of ether oxygens (including phenoxy) is 1. The van der Waals surface area contributed by atoms with Crippen molar-refractivity contribution < 1.29 is 14.3 Å². The third-order valence-electron chi connectivity index (χ3n) is 4.97. The Hall–Kier alpha value is -2.34. The van der Waals surface area contributed by atoms with Crippen molar-refractivity contribution in [2.75, 3.05) is 19.7 Å². The lowest BCUT2D eigenvalue weighted by molar-refractivity contribution is -0.141. The fourth-order valence-corrected chi connectivity index (χ4v) is 3.41. The number of hydrogen-bond acceptors (Lipinski definition) is 3. The monoisotopic (exact) mass is 474 g/mol. The zero-order valence-electron chi connectivity index (χ0n) is 18.2. The molecule has 1 N–H and O–H groups in total. The molecule has 0 radical (unpaired) electrons. The Morgan fingerprint density at radius 3 is 2.37 bits per heavy atom. The summed E-state index contributed by atoms with van der Waals surface area (Å²) in [6.45, 7) is 8.67. The quantitative estimate of drug-likeness (QED) is 0.553. The molecule has 162 valence electrons. The van der Waals surface area contributed by atoms with Crippen molar-refractivity contribution in [3.63, 3.8) is 0 Å². The van der Waals surface area contributed by atoms with E-state index in [1.165, 1.54) is 0 Å². The molecule has 0 fully saturated rings. The molecule has 5 nitrogen and oxygen atoms in total.